The molecule has 3 rings (SSSR count). The molecule has 0 radical (unpaired) electrons. The summed E-state index contributed by atoms with van der Waals surface area (Å²) in [7, 11) is 0. The van der Waals surface area contributed by atoms with E-state index in [0.717, 1.165) is 11.3 Å². The van der Waals surface area contributed by atoms with Crippen LogP contribution in [0.5, 0.6) is 0 Å². The number of aromatic nitrogens is 3. The first kappa shape index (κ1) is 13.0. The Balaban J connectivity index is 2.15. The fraction of sp³-hybridized carbons (Fsp3) is 0.0667. The van der Waals surface area contributed by atoms with Gasteiger partial charge in [0.15, 0.2) is 5.82 Å². The zero-order valence-corrected chi connectivity index (χ0v) is 11.3. The van der Waals surface area contributed by atoms with E-state index in [-0.39, 0.29) is 5.69 Å². The Kier molecular flexibility index (Phi) is 3.19. The third-order valence-electron chi connectivity index (χ3n) is 3.11. The molecule has 0 atom stereocenters. The predicted molar refractivity (Wildman–Crippen MR) is 78.2 cm³/mol. The van der Waals surface area contributed by atoms with E-state index in [1.807, 2.05) is 43.3 Å². The van der Waals surface area contributed by atoms with Crippen LogP contribution in [-0.4, -0.2) is 19.7 Å². The Hall–Kier alpha value is -3.02. The molecule has 0 aliphatic rings. The van der Waals surface area contributed by atoms with Crippen molar-refractivity contribution in [3.05, 3.63) is 70.5 Å². The average molecular weight is 280 g/mol. The summed E-state index contributed by atoms with van der Waals surface area (Å²) in [6.07, 6.45) is 1.60. The van der Waals surface area contributed by atoms with Crippen LogP contribution in [0.2, 0.25) is 0 Å². The highest BCUT2D eigenvalue weighted by Gasteiger charge is 2.14. The molecule has 0 amide bonds. The van der Waals surface area contributed by atoms with Gasteiger partial charge in [0.25, 0.3) is 5.69 Å². The lowest BCUT2D eigenvalue weighted by Gasteiger charge is -2.07. The standard InChI is InChI=1S/C15H12N4O2/c1-11-7-12(9-14(8-11)19(20)21)15-17-16-10-18(15)13-5-3-2-4-6-13/h2-10H,1H3. The summed E-state index contributed by atoms with van der Waals surface area (Å²) < 4.78 is 1.80. The molecule has 0 spiro atoms. The van der Waals surface area contributed by atoms with Gasteiger partial charge in [0.2, 0.25) is 0 Å². The number of nitro benzene ring substituents is 1. The predicted octanol–water partition coefficient (Wildman–Crippen LogP) is 3.15. The van der Waals surface area contributed by atoms with Gasteiger partial charge in [-0.3, -0.25) is 14.7 Å². The molecule has 2 aromatic carbocycles. The van der Waals surface area contributed by atoms with E-state index in [4.69, 9.17) is 0 Å². The van der Waals surface area contributed by atoms with Crippen LogP contribution in [0, 0.1) is 17.0 Å². The molecule has 0 saturated heterocycles. The molecule has 6 nitrogen and oxygen atoms in total. The van der Waals surface area contributed by atoms with Gasteiger partial charge in [-0.1, -0.05) is 18.2 Å². The minimum atomic E-state index is -0.403. The van der Waals surface area contributed by atoms with Gasteiger partial charge in [0.05, 0.1) is 4.92 Å². The maximum atomic E-state index is 11.0. The largest absolute Gasteiger partial charge is 0.282 e. The summed E-state index contributed by atoms with van der Waals surface area (Å²) in [6.45, 7) is 1.82. The minimum absolute atomic E-state index is 0.0487. The molecule has 0 saturated carbocycles. The fourth-order valence-electron chi connectivity index (χ4n) is 2.21. The third-order valence-corrected chi connectivity index (χ3v) is 3.11. The van der Waals surface area contributed by atoms with Gasteiger partial charge >= 0.3 is 0 Å². The molecule has 104 valence electrons. The molecule has 1 aromatic heterocycles. The van der Waals surface area contributed by atoms with E-state index < -0.39 is 4.92 Å². The van der Waals surface area contributed by atoms with Crippen LogP contribution in [0.4, 0.5) is 5.69 Å². The monoisotopic (exact) mass is 280 g/mol. The van der Waals surface area contributed by atoms with Crippen LogP contribution in [0.25, 0.3) is 17.1 Å². The highest BCUT2D eigenvalue weighted by atomic mass is 16.6. The zero-order valence-electron chi connectivity index (χ0n) is 11.3. The molecule has 0 fully saturated rings. The van der Waals surface area contributed by atoms with Gasteiger partial charge in [-0.25, -0.2) is 0 Å². The summed E-state index contributed by atoms with van der Waals surface area (Å²) in [4.78, 5) is 10.6. The van der Waals surface area contributed by atoms with Crippen molar-refractivity contribution in [3.8, 4) is 17.1 Å². The van der Waals surface area contributed by atoms with Gasteiger partial charge in [-0.05, 0) is 30.7 Å². The van der Waals surface area contributed by atoms with E-state index in [2.05, 4.69) is 10.2 Å². The molecule has 0 unspecified atom stereocenters. The molecule has 0 aliphatic carbocycles. The second-order valence-corrected chi connectivity index (χ2v) is 4.67. The molecule has 0 N–H and O–H groups in total. The smallest absolute Gasteiger partial charge is 0.270 e. The maximum absolute atomic E-state index is 11.0. The lowest BCUT2D eigenvalue weighted by atomic mass is 10.1. The van der Waals surface area contributed by atoms with Gasteiger partial charge in [-0.15, -0.1) is 10.2 Å². The van der Waals surface area contributed by atoms with E-state index in [0.29, 0.717) is 11.4 Å². The highest BCUT2D eigenvalue weighted by Crippen LogP contribution is 2.26. The molecule has 1 heterocycles. The second kappa shape index (κ2) is 5.16. The lowest BCUT2D eigenvalue weighted by molar-refractivity contribution is -0.384. The summed E-state index contributed by atoms with van der Waals surface area (Å²) in [5.74, 6) is 0.577. The van der Waals surface area contributed by atoms with Crippen molar-refractivity contribution in [1.82, 2.24) is 14.8 Å². The number of benzene rings is 2. The summed E-state index contributed by atoms with van der Waals surface area (Å²) in [6, 6.07) is 14.5. The zero-order chi connectivity index (χ0) is 14.8. The van der Waals surface area contributed by atoms with E-state index in [1.165, 1.54) is 12.1 Å². The highest BCUT2D eigenvalue weighted by molar-refractivity contribution is 5.63. The number of hydrogen-bond donors (Lipinski definition) is 0. The van der Waals surface area contributed by atoms with Crippen LogP contribution in [0.3, 0.4) is 0 Å². The fourth-order valence-corrected chi connectivity index (χ4v) is 2.21. The topological polar surface area (TPSA) is 73.8 Å². The number of rotatable bonds is 3. The Labute approximate surface area is 120 Å². The summed E-state index contributed by atoms with van der Waals surface area (Å²) in [5.41, 5.74) is 2.43. The van der Waals surface area contributed by atoms with E-state index in [9.17, 15) is 10.1 Å². The molecular weight excluding hydrogens is 268 g/mol. The van der Waals surface area contributed by atoms with Crippen LogP contribution < -0.4 is 0 Å². The number of nitrogens with zero attached hydrogens (tertiary/aromatic N) is 4. The lowest BCUT2D eigenvalue weighted by Crippen LogP contribution is -1.97. The summed E-state index contributed by atoms with van der Waals surface area (Å²) in [5, 5.41) is 19.0. The van der Waals surface area contributed by atoms with E-state index in [1.54, 1.807) is 10.9 Å². The number of nitro groups is 1. The van der Waals surface area contributed by atoms with Crippen molar-refractivity contribution in [2.75, 3.05) is 0 Å². The van der Waals surface area contributed by atoms with Crippen LogP contribution in [-0.2, 0) is 0 Å². The Morgan fingerprint density at radius 1 is 1.14 bits per heavy atom. The normalized spacial score (nSPS) is 10.5. The quantitative estimate of drug-likeness (QED) is 0.545. The van der Waals surface area contributed by atoms with Gasteiger partial charge in [0, 0.05) is 23.4 Å². The van der Waals surface area contributed by atoms with Crippen molar-refractivity contribution in [2.45, 2.75) is 6.92 Å². The van der Waals surface area contributed by atoms with Crippen LogP contribution in [0.1, 0.15) is 5.56 Å². The van der Waals surface area contributed by atoms with Gasteiger partial charge in [0.1, 0.15) is 6.33 Å². The number of non-ortho nitro benzene ring substituents is 1. The Morgan fingerprint density at radius 3 is 2.62 bits per heavy atom. The molecule has 6 heteroatoms. The van der Waals surface area contributed by atoms with Crippen molar-refractivity contribution in [2.24, 2.45) is 0 Å². The minimum Gasteiger partial charge on any atom is -0.282 e. The maximum Gasteiger partial charge on any atom is 0.270 e. The second-order valence-electron chi connectivity index (χ2n) is 4.67. The van der Waals surface area contributed by atoms with Crippen molar-refractivity contribution < 1.29 is 4.92 Å². The number of aryl methyl sites for hydroxylation is 1. The van der Waals surface area contributed by atoms with Gasteiger partial charge < -0.3 is 0 Å². The van der Waals surface area contributed by atoms with E-state index >= 15 is 0 Å². The molecule has 3 aromatic rings. The van der Waals surface area contributed by atoms with Crippen LogP contribution >= 0.6 is 0 Å². The van der Waals surface area contributed by atoms with Crippen molar-refractivity contribution in [3.63, 3.8) is 0 Å². The van der Waals surface area contributed by atoms with Crippen molar-refractivity contribution in [1.29, 1.82) is 0 Å². The van der Waals surface area contributed by atoms with Gasteiger partial charge in [-0.2, -0.15) is 0 Å². The molecular formula is C15H12N4O2. The Bertz CT molecular complexity index is 796. The first-order chi connectivity index (χ1) is 10.1. The number of para-hydroxylation sites is 1. The molecule has 0 aliphatic heterocycles. The Morgan fingerprint density at radius 2 is 1.90 bits per heavy atom. The summed E-state index contributed by atoms with van der Waals surface area (Å²) >= 11 is 0. The van der Waals surface area contributed by atoms with Crippen molar-refractivity contribution >= 4 is 5.69 Å². The molecule has 0 bridgehead atoms. The first-order valence-electron chi connectivity index (χ1n) is 6.37. The number of hydrogen-bond acceptors (Lipinski definition) is 4. The van der Waals surface area contributed by atoms with Crippen LogP contribution in [0.15, 0.2) is 54.9 Å². The third kappa shape index (κ3) is 2.51. The first-order valence-corrected chi connectivity index (χ1v) is 6.37. The SMILES string of the molecule is Cc1cc(-c2nncn2-c2ccccc2)cc([N+](=O)[O-])c1. The average Bonchev–Trinajstić information content (AvgIpc) is 2.97. The molecule has 21 heavy (non-hydrogen) atoms.